The van der Waals surface area contributed by atoms with Gasteiger partial charge in [-0.2, -0.15) is 0 Å². The number of hydrogen-bond acceptors (Lipinski definition) is 3. The maximum Gasteiger partial charge on any atom is 0.0853 e. The van der Waals surface area contributed by atoms with E-state index >= 15 is 0 Å². The summed E-state index contributed by atoms with van der Waals surface area (Å²) in [5, 5.41) is 0. The second kappa shape index (κ2) is 5.39. The van der Waals surface area contributed by atoms with Crippen molar-refractivity contribution in [3.8, 4) is 0 Å². The van der Waals surface area contributed by atoms with Gasteiger partial charge in [-0.25, -0.2) is 0 Å². The smallest absolute Gasteiger partial charge is 0.0853 e. The highest BCUT2D eigenvalue weighted by Gasteiger charge is 2.38. The van der Waals surface area contributed by atoms with E-state index in [1.807, 2.05) is 0 Å². The summed E-state index contributed by atoms with van der Waals surface area (Å²) in [6, 6.07) is 10.7. The summed E-state index contributed by atoms with van der Waals surface area (Å²) in [5.74, 6) is 0. The fourth-order valence-electron chi connectivity index (χ4n) is 2.95. The van der Waals surface area contributed by atoms with Crippen molar-refractivity contribution < 1.29 is 9.47 Å². The summed E-state index contributed by atoms with van der Waals surface area (Å²) in [5.41, 5.74) is 1.45. The van der Waals surface area contributed by atoms with Crippen LogP contribution in [0.4, 0.5) is 0 Å². The molecule has 2 aliphatic heterocycles. The number of rotatable bonds is 2. The van der Waals surface area contributed by atoms with Crippen molar-refractivity contribution >= 4 is 0 Å². The molecule has 0 radical (unpaired) electrons. The van der Waals surface area contributed by atoms with Crippen LogP contribution in [0.5, 0.6) is 0 Å². The maximum atomic E-state index is 6.05. The lowest BCUT2D eigenvalue weighted by atomic mass is 9.92. The summed E-state index contributed by atoms with van der Waals surface area (Å²) < 4.78 is 11.5. The SMILES string of the molecule is c1ccc(CN2CCOC3(CCOCC3)C2)cc1. The summed E-state index contributed by atoms with van der Waals surface area (Å²) in [6.07, 6.45) is 2.08. The van der Waals surface area contributed by atoms with Gasteiger partial charge in [-0.15, -0.1) is 0 Å². The summed E-state index contributed by atoms with van der Waals surface area (Å²) >= 11 is 0. The van der Waals surface area contributed by atoms with Crippen LogP contribution in [0.2, 0.25) is 0 Å². The van der Waals surface area contributed by atoms with Crippen LogP contribution in [0.15, 0.2) is 30.3 Å². The van der Waals surface area contributed by atoms with Gasteiger partial charge < -0.3 is 9.47 Å². The number of hydrogen-bond donors (Lipinski definition) is 0. The van der Waals surface area contributed by atoms with Crippen LogP contribution in [0.3, 0.4) is 0 Å². The predicted molar refractivity (Wildman–Crippen MR) is 70.5 cm³/mol. The third kappa shape index (κ3) is 2.74. The summed E-state index contributed by atoms with van der Waals surface area (Å²) in [7, 11) is 0. The molecule has 0 aliphatic carbocycles. The van der Waals surface area contributed by atoms with E-state index in [2.05, 4.69) is 35.2 Å². The van der Waals surface area contributed by atoms with E-state index in [-0.39, 0.29) is 5.60 Å². The average Bonchev–Trinajstić information content (AvgIpc) is 2.41. The number of ether oxygens (including phenoxy) is 2. The molecule has 3 nitrogen and oxygen atoms in total. The van der Waals surface area contributed by atoms with Crippen molar-refractivity contribution in [3.05, 3.63) is 35.9 Å². The third-order valence-electron chi connectivity index (χ3n) is 3.98. The summed E-state index contributed by atoms with van der Waals surface area (Å²) in [6.45, 7) is 5.67. The van der Waals surface area contributed by atoms with Crippen LogP contribution in [0.25, 0.3) is 0 Å². The van der Waals surface area contributed by atoms with E-state index < -0.39 is 0 Å². The Labute approximate surface area is 109 Å². The minimum atomic E-state index is 0.0608. The molecule has 0 amide bonds. The zero-order valence-electron chi connectivity index (χ0n) is 10.8. The van der Waals surface area contributed by atoms with Gasteiger partial charge in [-0.05, 0) is 5.56 Å². The molecule has 0 N–H and O–H groups in total. The highest BCUT2D eigenvalue weighted by atomic mass is 16.5. The highest BCUT2D eigenvalue weighted by Crippen LogP contribution is 2.29. The van der Waals surface area contributed by atoms with Crippen LogP contribution < -0.4 is 0 Å². The Kier molecular flexibility index (Phi) is 3.64. The zero-order valence-corrected chi connectivity index (χ0v) is 10.8. The summed E-state index contributed by atoms with van der Waals surface area (Å²) in [4.78, 5) is 2.52. The van der Waals surface area contributed by atoms with E-state index in [4.69, 9.17) is 9.47 Å². The molecule has 1 spiro atoms. The number of nitrogens with zero attached hydrogens (tertiary/aromatic N) is 1. The molecule has 2 saturated heterocycles. The molecule has 2 fully saturated rings. The van der Waals surface area contributed by atoms with Crippen molar-refractivity contribution in [2.75, 3.05) is 32.9 Å². The van der Waals surface area contributed by atoms with Gasteiger partial charge in [0.1, 0.15) is 0 Å². The largest absolute Gasteiger partial charge is 0.381 e. The number of morpholine rings is 1. The normalized spacial score (nSPS) is 24.2. The third-order valence-corrected chi connectivity index (χ3v) is 3.98. The molecule has 18 heavy (non-hydrogen) atoms. The Balaban J connectivity index is 1.63. The van der Waals surface area contributed by atoms with Gasteiger partial charge in [0.2, 0.25) is 0 Å². The Morgan fingerprint density at radius 2 is 1.83 bits per heavy atom. The fraction of sp³-hybridized carbons (Fsp3) is 0.600. The lowest BCUT2D eigenvalue weighted by Crippen LogP contribution is -2.54. The van der Waals surface area contributed by atoms with Gasteiger partial charge in [-0.3, -0.25) is 4.90 Å². The Morgan fingerprint density at radius 3 is 2.61 bits per heavy atom. The van der Waals surface area contributed by atoms with Gasteiger partial charge in [0.25, 0.3) is 0 Å². The first-order chi connectivity index (χ1) is 8.86. The molecule has 0 bridgehead atoms. The van der Waals surface area contributed by atoms with Crippen molar-refractivity contribution in [1.82, 2.24) is 4.90 Å². The lowest BCUT2D eigenvalue weighted by molar-refractivity contribution is -0.155. The van der Waals surface area contributed by atoms with Crippen molar-refractivity contribution in [3.63, 3.8) is 0 Å². The molecule has 0 saturated carbocycles. The molecule has 0 atom stereocenters. The van der Waals surface area contributed by atoms with Crippen LogP contribution >= 0.6 is 0 Å². The van der Waals surface area contributed by atoms with Crippen LogP contribution in [-0.4, -0.2) is 43.4 Å². The molecule has 0 aromatic heterocycles. The molecular weight excluding hydrogens is 226 g/mol. The zero-order chi connectivity index (χ0) is 12.3. The molecule has 0 unspecified atom stereocenters. The van der Waals surface area contributed by atoms with Crippen molar-refractivity contribution in [2.24, 2.45) is 0 Å². The second-order valence-corrected chi connectivity index (χ2v) is 5.34. The van der Waals surface area contributed by atoms with E-state index in [1.54, 1.807) is 0 Å². The minimum absolute atomic E-state index is 0.0608. The van der Waals surface area contributed by atoms with Crippen molar-refractivity contribution in [1.29, 1.82) is 0 Å². The standard InChI is InChI=1S/C15H21NO2/c1-2-4-14(5-3-1)12-16-8-11-18-15(13-16)6-9-17-10-7-15/h1-5H,6-13H2. The first kappa shape index (κ1) is 12.2. The second-order valence-electron chi connectivity index (χ2n) is 5.34. The molecule has 3 rings (SSSR count). The van der Waals surface area contributed by atoms with Crippen molar-refractivity contribution in [2.45, 2.75) is 25.0 Å². The molecule has 2 heterocycles. The van der Waals surface area contributed by atoms with Gasteiger partial charge in [0.05, 0.1) is 12.2 Å². The Bertz CT molecular complexity index is 368. The Hall–Kier alpha value is -0.900. The maximum absolute atomic E-state index is 6.05. The first-order valence-corrected chi connectivity index (χ1v) is 6.84. The molecule has 2 aliphatic rings. The molecule has 1 aromatic rings. The van der Waals surface area contributed by atoms with Crippen LogP contribution in [0, 0.1) is 0 Å². The van der Waals surface area contributed by atoms with E-state index in [9.17, 15) is 0 Å². The highest BCUT2D eigenvalue weighted by molar-refractivity contribution is 5.14. The van der Waals surface area contributed by atoms with E-state index in [0.29, 0.717) is 0 Å². The van der Waals surface area contributed by atoms with Crippen LogP contribution in [-0.2, 0) is 16.0 Å². The van der Waals surface area contributed by atoms with Gasteiger partial charge in [-0.1, -0.05) is 30.3 Å². The topological polar surface area (TPSA) is 21.7 Å². The molecule has 1 aromatic carbocycles. The van der Waals surface area contributed by atoms with Gasteiger partial charge >= 0.3 is 0 Å². The monoisotopic (exact) mass is 247 g/mol. The molecule has 3 heteroatoms. The quantitative estimate of drug-likeness (QED) is 0.798. The van der Waals surface area contributed by atoms with E-state index in [1.165, 1.54) is 5.56 Å². The average molecular weight is 247 g/mol. The van der Waals surface area contributed by atoms with Crippen LogP contribution in [0.1, 0.15) is 18.4 Å². The number of benzene rings is 1. The first-order valence-electron chi connectivity index (χ1n) is 6.84. The molecular formula is C15H21NO2. The fourth-order valence-corrected chi connectivity index (χ4v) is 2.95. The Morgan fingerprint density at radius 1 is 1.06 bits per heavy atom. The van der Waals surface area contributed by atoms with Gasteiger partial charge in [0, 0.05) is 45.7 Å². The van der Waals surface area contributed by atoms with E-state index in [0.717, 1.165) is 52.3 Å². The molecule has 98 valence electrons. The minimum Gasteiger partial charge on any atom is -0.381 e. The predicted octanol–water partition coefficient (Wildman–Crippen LogP) is 2.07. The lowest BCUT2D eigenvalue weighted by Gasteiger charge is -2.44. The van der Waals surface area contributed by atoms with Gasteiger partial charge in [0.15, 0.2) is 0 Å².